The molecule has 24 heavy (non-hydrogen) atoms. The Kier molecular flexibility index (Phi) is 4.11. The number of rotatable bonds is 2. The molecule has 0 unspecified atom stereocenters. The number of H-pyrrole nitrogens is 1. The van der Waals surface area contributed by atoms with Crippen molar-refractivity contribution in [2.24, 2.45) is 0 Å². The zero-order valence-electron chi connectivity index (χ0n) is 13.4. The third kappa shape index (κ3) is 3.09. The molecule has 0 spiro atoms. The highest BCUT2D eigenvalue weighted by molar-refractivity contribution is 5.92. The molecule has 0 saturated heterocycles. The molecule has 4 rings (SSSR count). The van der Waals surface area contributed by atoms with Crippen molar-refractivity contribution in [2.45, 2.75) is 38.1 Å². The summed E-state index contributed by atoms with van der Waals surface area (Å²) in [5, 5.41) is 4.80. The Morgan fingerprint density at radius 3 is 2.71 bits per heavy atom. The van der Waals surface area contributed by atoms with Crippen molar-refractivity contribution in [3.8, 4) is 11.8 Å². The van der Waals surface area contributed by atoms with Crippen molar-refractivity contribution >= 4 is 16.7 Å². The summed E-state index contributed by atoms with van der Waals surface area (Å²) in [6, 6.07) is 4.35. The van der Waals surface area contributed by atoms with Crippen molar-refractivity contribution in [2.75, 3.05) is 5.32 Å². The number of fused-ring (bicyclic) bond motifs is 1. The molecule has 3 heterocycles. The van der Waals surface area contributed by atoms with Gasteiger partial charge < -0.3 is 10.3 Å². The van der Waals surface area contributed by atoms with Crippen LogP contribution in [0.25, 0.3) is 11.0 Å². The predicted molar refractivity (Wildman–Crippen MR) is 94.6 cm³/mol. The van der Waals surface area contributed by atoms with Crippen molar-refractivity contribution in [3.05, 3.63) is 48.3 Å². The van der Waals surface area contributed by atoms with Gasteiger partial charge in [-0.05, 0) is 30.9 Å². The molecular formula is C19H19N5. The summed E-state index contributed by atoms with van der Waals surface area (Å²) in [6.45, 7) is 0. The number of aromatic amines is 1. The molecule has 1 saturated carbocycles. The van der Waals surface area contributed by atoms with E-state index in [-0.39, 0.29) is 0 Å². The largest absolute Gasteiger partial charge is 0.381 e. The fourth-order valence-corrected chi connectivity index (χ4v) is 3.20. The van der Waals surface area contributed by atoms with E-state index in [0.29, 0.717) is 11.9 Å². The SMILES string of the molecule is C(#Cc1cnc2[nH]ccc2c1NC1CCCCC1)c1ncccn1. The lowest BCUT2D eigenvalue weighted by atomic mass is 9.95. The summed E-state index contributed by atoms with van der Waals surface area (Å²) in [6.07, 6.45) is 13.5. The van der Waals surface area contributed by atoms with Crippen LogP contribution in [-0.2, 0) is 0 Å². The first-order valence-corrected chi connectivity index (χ1v) is 8.42. The minimum Gasteiger partial charge on any atom is -0.381 e. The van der Waals surface area contributed by atoms with Gasteiger partial charge in [-0.25, -0.2) is 15.0 Å². The molecule has 120 valence electrons. The van der Waals surface area contributed by atoms with E-state index in [1.807, 2.05) is 12.4 Å². The summed E-state index contributed by atoms with van der Waals surface area (Å²) in [5.41, 5.74) is 2.84. The third-order valence-electron chi connectivity index (χ3n) is 4.41. The molecule has 0 bridgehead atoms. The van der Waals surface area contributed by atoms with E-state index in [4.69, 9.17) is 0 Å². The number of anilines is 1. The molecular weight excluding hydrogens is 298 g/mol. The van der Waals surface area contributed by atoms with Crippen molar-refractivity contribution in [1.29, 1.82) is 0 Å². The summed E-state index contributed by atoms with van der Waals surface area (Å²) in [7, 11) is 0. The molecule has 1 fully saturated rings. The molecule has 2 N–H and O–H groups in total. The maximum atomic E-state index is 4.47. The minimum absolute atomic E-state index is 0.507. The van der Waals surface area contributed by atoms with Crippen LogP contribution in [0, 0.1) is 11.8 Å². The van der Waals surface area contributed by atoms with Crippen molar-refractivity contribution in [3.63, 3.8) is 0 Å². The standard InChI is InChI=1S/C19H19N5/c1-2-5-15(6-3-1)24-18-14(7-8-17-20-10-4-11-21-17)13-23-19-16(18)9-12-22-19/h4,9-13,15H,1-3,5-6H2,(H2,22,23,24). The van der Waals surface area contributed by atoms with Gasteiger partial charge >= 0.3 is 0 Å². The van der Waals surface area contributed by atoms with Crippen LogP contribution in [0.2, 0.25) is 0 Å². The van der Waals surface area contributed by atoms with E-state index in [9.17, 15) is 0 Å². The van der Waals surface area contributed by atoms with Gasteiger partial charge in [-0.1, -0.05) is 25.2 Å². The Hall–Kier alpha value is -2.87. The van der Waals surface area contributed by atoms with Gasteiger partial charge in [-0.3, -0.25) is 0 Å². The number of nitrogens with one attached hydrogen (secondary N) is 2. The average Bonchev–Trinajstić information content (AvgIpc) is 3.12. The quantitative estimate of drug-likeness (QED) is 0.710. The normalized spacial score (nSPS) is 15.0. The van der Waals surface area contributed by atoms with E-state index < -0.39 is 0 Å². The van der Waals surface area contributed by atoms with Gasteiger partial charge in [-0.2, -0.15) is 0 Å². The second kappa shape index (κ2) is 6.71. The number of hydrogen-bond acceptors (Lipinski definition) is 4. The van der Waals surface area contributed by atoms with Gasteiger partial charge in [0.15, 0.2) is 0 Å². The Bertz CT molecular complexity index is 882. The molecule has 1 aliphatic carbocycles. The molecule has 1 aliphatic rings. The fourth-order valence-electron chi connectivity index (χ4n) is 3.20. The molecule has 0 aromatic carbocycles. The van der Waals surface area contributed by atoms with E-state index >= 15 is 0 Å². The topological polar surface area (TPSA) is 66.5 Å². The van der Waals surface area contributed by atoms with E-state index in [2.05, 4.69) is 43.2 Å². The van der Waals surface area contributed by atoms with Crippen LogP contribution in [0.15, 0.2) is 36.9 Å². The maximum Gasteiger partial charge on any atom is 0.205 e. The number of hydrogen-bond donors (Lipinski definition) is 2. The Morgan fingerprint density at radius 2 is 1.88 bits per heavy atom. The Morgan fingerprint density at radius 1 is 1.04 bits per heavy atom. The lowest BCUT2D eigenvalue weighted by Crippen LogP contribution is -2.22. The fraction of sp³-hybridized carbons (Fsp3) is 0.316. The average molecular weight is 317 g/mol. The number of nitrogens with zero attached hydrogens (tertiary/aromatic N) is 3. The molecule has 5 heteroatoms. The second-order valence-electron chi connectivity index (χ2n) is 6.09. The van der Waals surface area contributed by atoms with Crippen molar-refractivity contribution in [1.82, 2.24) is 19.9 Å². The van der Waals surface area contributed by atoms with Crippen LogP contribution >= 0.6 is 0 Å². The summed E-state index contributed by atoms with van der Waals surface area (Å²) < 4.78 is 0. The van der Waals surface area contributed by atoms with E-state index in [1.165, 1.54) is 32.1 Å². The first-order chi connectivity index (χ1) is 11.9. The van der Waals surface area contributed by atoms with Crippen LogP contribution in [0.3, 0.4) is 0 Å². The molecule has 5 nitrogen and oxygen atoms in total. The molecule has 3 aromatic heterocycles. The third-order valence-corrected chi connectivity index (χ3v) is 4.41. The van der Waals surface area contributed by atoms with Gasteiger partial charge in [0.1, 0.15) is 5.65 Å². The Balaban J connectivity index is 1.71. The highest BCUT2D eigenvalue weighted by atomic mass is 14.9. The lowest BCUT2D eigenvalue weighted by molar-refractivity contribution is 0.463. The van der Waals surface area contributed by atoms with Gasteiger partial charge in [0.2, 0.25) is 5.82 Å². The molecule has 0 amide bonds. The smallest absolute Gasteiger partial charge is 0.205 e. The van der Waals surface area contributed by atoms with Gasteiger partial charge in [0, 0.05) is 36.2 Å². The molecule has 0 radical (unpaired) electrons. The summed E-state index contributed by atoms with van der Waals surface area (Å²) >= 11 is 0. The summed E-state index contributed by atoms with van der Waals surface area (Å²) in [4.78, 5) is 16.0. The number of aromatic nitrogens is 4. The minimum atomic E-state index is 0.507. The van der Waals surface area contributed by atoms with Crippen LogP contribution in [0.1, 0.15) is 43.5 Å². The highest BCUT2D eigenvalue weighted by Gasteiger charge is 2.16. The van der Waals surface area contributed by atoms with Crippen LogP contribution in [-0.4, -0.2) is 26.0 Å². The summed E-state index contributed by atoms with van der Waals surface area (Å²) in [5.74, 6) is 6.74. The Labute approximate surface area is 141 Å². The first kappa shape index (κ1) is 14.7. The zero-order valence-corrected chi connectivity index (χ0v) is 13.4. The molecule has 0 atom stereocenters. The lowest BCUT2D eigenvalue weighted by Gasteiger charge is -2.24. The van der Waals surface area contributed by atoms with Crippen LogP contribution < -0.4 is 5.32 Å². The van der Waals surface area contributed by atoms with E-state index in [0.717, 1.165) is 22.3 Å². The van der Waals surface area contributed by atoms with Gasteiger partial charge in [-0.15, -0.1) is 0 Å². The van der Waals surface area contributed by atoms with Gasteiger partial charge in [0.25, 0.3) is 0 Å². The maximum absolute atomic E-state index is 4.47. The zero-order chi connectivity index (χ0) is 16.2. The number of pyridine rings is 1. The first-order valence-electron chi connectivity index (χ1n) is 8.42. The second-order valence-corrected chi connectivity index (χ2v) is 6.09. The monoisotopic (exact) mass is 317 g/mol. The van der Waals surface area contributed by atoms with Crippen LogP contribution in [0.4, 0.5) is 5.69 Å². The highest BCUT2D eigenvalue weighted by Crippen LogP contribution is 2.29. The van der Waals surface area contributed by atoms with Gasteiger partial charge in [0.05, 0.1) is 11.3 Å². The van der Waals surface area contributed by atoms with E-state index in [1.54, 1.807) is 18.5 Å². The van der Waals surface area contributed by atoms with Crippen LogP contribution in [0.5, 0.6) is 0 Å². The molecule has 0 aliphatic heterocycles. The van der Waals surface area contributed by atoms with Crippen molar-refractivity contribution < 1.29 is 0 Å². The molecule has 3 aromatic rings. The predicted octanol–water partition coefficient (Wildman–Crippen LogP) is 3.50.